The fraction of sp³-hybridized carbons (Fsp3) is 0.292. The van der Waals surface area contributed by atoms with Gasteiger partial charge in [0.25, 0.3) is 5.91 Å². The highest BCUT2D eigenvalue weighted by Gasteiger charge is 2.33. The van der Waals surface area contributed by atoms with Gasteiger partial charge in [-0.3, -0.25) is 4.79 Å². The van der Waals surface area contributed by atoms with Crippen LogP contribution in [0.25, 0.3) is 0 Å². The molecule has 7 nitrogen and oxygen atoms in total. The second-order valence-electron chi connectivity index (χ2n) is 8.01. The van der Waals surface area contributed by atoms with Crippen molar-refractivity contribution >= 4 is 17.5 Å². The van der Waals surface area contributed by atoms with Gasteiger partial charge in [-0.2, -0.15) is 10.1 Å². The monoisotopic (exact) mass is 417 g/mol. The molecule has 31 heavy (non-hydrogen) atoms. The summed E-state index contributed by atoms with van der Waals surface area (Å²) in [6, 6.07) is 16.9. The highest BCUT2D eigenvalue weighted by molar-refractivity contribution is 6.06. The molecule has 1 aromatic heterocycles. The number of hydrogen-bond acceptors (Lipinski definition) is 5. The number of para-hydroxylation sites is 1. The maximum Gasteiger partial charge on any atom is 0.255 e. The Morgan fingerprint density at radius 1 is 1.16 bits per heavy atom. The van der Waals surface area contributed by atoms with E-state index in [1.54, 1.807) is 4.68 Å². The van der Waals surface area contributed by atoms with Crippen molar-refractivity contribution in [1.29, 1.82) is 0 Å². The largest absolute Gasteiger partial charge is 0.494 e. The van der Waals surface area contributed by atoms with Gasteiger partial charge in [-0.15, -0.1) is 0 Å². The molecule has 1 atom stereocenters. The van der Waals surface area contributed by atoms with Gasteiger partial charge in [-0.25, -0.2) is 4.68 Å². The molecule has 1 amide bonds. The number of carbonyl (C=O) groups is 1. The lowest BCUT2D eigenvalue weighted by atomic mass is 9.95. The topological polar surface area (TPSA) is 81.1 Å². The molecule has 1 aliphatic heterocycles. The molecule has 2 N–H and O–H groups in total. The van der Waals surface area contributed by atoms with E-state index in [1.165, 1.54) is 6.33 Å². The first-order chi connectivity index (χ1) is 15.0. The van der Waals surface area contributed by atoms with Gasteiger partial charge in [0.05, 0.1) is 12.2 Å². The predicted octanol–water partition coefficient (Wildman–Crippen LogP) is 4.63. The molecule has 0 radical (unpaired) electrons. The van der Waals surface area contributed by atoms with Gasteiger partial charge in [0.15, 0.2) is 0 Å². The van der Waals surface area contributed by atoms with Crippen molar-refractivity contribution in [2.24, 2.45) is 5.92 Å². The van der Waals surface area contributed by atoms with E-state index in [9.17, 15) is 4.79 Å². The molecular weight excluding hydrogens is 390 g/mol. The van der Waals surface area contributed by atoms with E-state index in [0.717, 1.165) is 29.1 Å². The molecule has 2 heterocycles. The molecule has 1 unspecified atom stereocenters. The summed E-state index contributed by atoms with van der Waals surface area (Å²) in [6.07, 6.45) is 2.49. The predicted molar refractivity (Wildman–Crippen MR) is 121 cm³/mol. The van der Waals surface area contributed by atoms with E-state index in [4.69, 9.17) is 4.74 Å². The third-order valence-electron chi connectivity index (χ3n) is 5.23. The number of aromatic nitrogens is 3. The second kappa shape index (κ2) is 9.04. The van der Waals surface area contributed by atoms with Crippen LogP contribution in [0.15, 0.2) is 72.2 Å². The number of hydrogen-bond donors (Lipinski definition) is 2. The van der Waals surface area contributed by atoms with Gasteiger partial charge in [0.2, 0.25) is 5.95 Å². The highest BCUT2D eigenvalue weighted by Crippen LogP contribution is 2.35. The van der Waals surface area contributed by atoms with Crippen LogP contribution in [0.5, 0.6) is 5.75 Å². The Labute approximate surface area is 182 Å². The highest BCUT2D eigenvalue weighted by atomic mass is 16.5. The number of ether oxygens (including phenoxy) is 1. The molecule has 0 aliphatic carbocycles. The van der Waals surface area contributed by atoms with Gasteiger partial charge in [-0.05, 0) is 49.1 Å². The summed E-state index contributed by atoms with van der Waals surface area (Å²) in [4.78, 5) is 17.6. The number of benzene rings is 2. The number of anilines is 2. The SMILES string of the molecule is CC1=C(C(=O)Nc2ccccc2)C(c2ccc(OCCC(C)C)cc2)n2ncnc2N1. The molecule has 0 saturated carbocycles. The van der Waals surface area contributed by atoms with Crippen molar-refractivity contribution in [2.75, 3.05) is 17.2 Å². The molecule has 2 aromatic carbocycles. The number of fused-ring (bicyclic) bond motifs is 1. The number of amides is 1. The average Bonchev–Trinajstić information content (AvgIpc) is 3.22. The van der Waals surface area contributed by atoms with Crippen molar-refractivity contribution in [3.63, 3.8) is 0 Å². The number of nitrogens with one attached hydrogen (secondary N) is 2. The Bertz CT molecular complexity index is 1070. The third-order valence-corrected chi connectivity index (χ3v) is 5.23. The molecule has 160 valence electrons. The van der Waals surface area contributed by atoms with E-state index < -0.39 is 6.04 Å². The molecule has 0 bridgehead atoms. The van der Waals surface area contributed by atoms with E-state index in [2.05, 4.69) is 34.6 Å². The quantitative estimate of drug-likeness (QED) is 0.586. The summed E-state index contributed by atoms with van der Waals surface area (Å²) >= 11 is 0. The summed E-state index contributed by atoms with van der Waals surface area (Å²) in [5, 5.41) is 10.6. The number of allylic oxidation sites excluding steroid dienone is 1. The van der Waals surface area contributed by atoms with Crippen LogP contribution in [-0.2, 0) is 4.79 Å². The van der Waals surface area contributed by atoms with Crippen molar-refractivity contribution in [1.82, 2.24) is 14.8 Å². The van der Waals surface area contributed by atoms with E-state index in [-0.39, 0.29) is 5.91 Å². The lowest BCUT2D eigenvalue weighted by Crippen LogP contribution is -2.31. The zero-order chi connectivity index (χ0) is 21.8. The van der Waals surface area contributed by atoms with Crippen LogP contribution in [0.4, 0.5) is 11.6 Å². The Morgan fingerprint density at radius 2 is 1.90 bits per heavy atom. The van der Waals surface area contributed by atoms with Gasteiger partial charge in [0.1, 0.15) is 18.1 Å². The zero-order valence-electron chi connectivity index (χ0n) is 18.0. The summed E-state index contributed by atoms with van der Waals surface area (Å²) < 4.78 is 7.59. The minimum absolute atomic E-state index is 0.181. The molecular formula is C24H27N5O2. The first kappa shape index (κ1) is 20.7. The maximum absolute atomic E-state index is 13.3. The number of rotatable bonds is 7. The van der Waals surface area contributed by atoms with Crippen LogP contribution in [0.1, 0.15) is 38.8 Å². The van der Waals surface area contributed by atoms with Crippen molar-refractivity contribution in [3.05, 3.63) is 77.8 Å². The van der Waals surface area contributed by atoms with Crippen LogP contribution in [0, 0.1) is 5.92 Å². The Balaban J connectivity index is 1.62. The average molecular weight is 418 g/mol. The molecule has 1 aliphatic rings. The fourth-order valence-electron chi connectivity index (χ4n) is 3.57. The van der Waals surface area contributed by atoms with Crippen molar-refractivity contribution in [2.45, 2.75) is 33.2 Å². The molecule has 0 saturated heterocycles. The van der Waals surface area contributed by atoms with E-state index in [1.807, 2.05) is 61.5 Å². The Kier molecular flexibility index (Phi) is 6.02. The van der Waals surface area contributed by atoms with Crippen LogP contribution >= 0.6 is 0 Å². The third kappa shape index (κ3) is 4.60. The smallest absolute Gasteiger partial charge is 0.255 e. The normalized spacial score (nSPS) is 15.4. The van der Waals surface area contributed by atoms with Crippen molar-refractivity contribution < 1.29 is 9.53 Å². The molecule has 3 aromatic rings. The van der Waals surface area contributed by atoms with Gasteiger partial charge < -0.3 is 15.4 Å². The summed E-state index contributed by atoms with van der Waals surface area (Å²) in [7, 11) is 0. The van der Waals surface area contributed by atoms with Crippen molar-refractivity contribution in [3.8, 4) is 5.75 Å². The minimum atomic E-state index is -0.396. The minimum Gasteiger partial charge on any atom is -0.494 e. The molecule has 7 heteroatoms. The van der Waals surface area contributed by atoms with Crippen LogP contribution in [0.2, 0.25) is 0 Å². The Hall–Kier alpha value is -3.61. The Morgan fingerprint density at radius 3 is 2.61 bits per heavy atom. The zero-order valence-corrected chi connectivity index (χ0v) is 18.0. The number of nitrogens with zero attached hydrogens (tertiary/aromatic N) is 3. The van der Waals surface area contributed by atoms with Gasteiger partial charge in [-0.1, -0.05) is 44.2 Å². The fourth-order valence-corrected chi connectivity index (χ4v) is 3.57. The maximum atomic E-state index is 13.3. The summed E-state index contributed by atoms with van der Waals surface area (Å²) in [5.74, 6) is 1.84. The second-order valence-corrected chi connectivity index (χ2v) is 8.01. The lowest BCUT2D eigenvalue weighted by Gasteiger charge is -2.28. The first-order valence-electron chi connectivity index (χ1n) is 10.5. The van der Waals surface area contributed by atoms with Crippen LogP contribution < -0.4 is 15.4 Å². The van der Waals surface area contributed by atoms with E-state index >= 15 is 0 Å². The molecule has 4 rings (SSSR count). The summed E-state index contributed by atoms with van der Waals surface area (Å²) in [6.45, 7) is 6.92. The molecule has 0 spiro atoms. The standard InChI is InChI=1S/C24H27N5O2/c1-16(2)13-14-31-20-11-9-18(10-12-20)22-21(17(3)27-24-25-15-26-29(22)24)23(30)28-19-7-5-4-6-8-19/h4-12,15-16,22H,13-14H2,1-3H3,(H,28,30)(H,25,26,27). The molecule has 0 fully saturated rings. The van der Waals surface area contributed by atoms with Crippen LogP contribution in [-0.4, -0.2) is 27.3 Å². The van der Waals surface area contributed by atoms with E-state index in [0.29, 0.717) is 24.0 Å². The lowest BCUT2D eigenvalue weighted by molar-refractivity contribution is -0.113. The van der Waals surface area contributed by atoms with Gasteiger partial charge >= 0.3 is 0 Å². The first-order valence-corrected chi connectivity index (χ1v) is 10.5. The summed E-state index contributed by atoms with van der Waals surface area (Å²) in [5.41, 5.74) is 3.01. The van der Waals surface area contributed by atoms with Gasteiger partial charge in [0, 0.05) is 11.4 Å². The van der Waals surface area contributed by atoms with Crippen LogP contribution in [0.3, 0.4) is 0 Å². The number of carbonyl (C=O) groups excluding carboxylic acids is 1.